The van der Waals surface area contributed by atoms with E-state index >= 15 is 0 Å². The van der Waals surface area contributed by atoms with E-state index in [9.17, 15) is 9.18 Å². The molecule has 0 atom stereocenters. The van der Waals surface area contributed by atoms with Crippen molar-refractivity contribution in [3.05, 3.63) is 45.1 Å². The maximum Gasteiger partial charge on any atom is 0.257 e. The molecule has 2 aromatic rings. The number of amides is 1. The minimum absolute atomic E-state index is 0.266. The zero-order valence-electron chi connectivity index (χ0n) is 10.4. The number of carbonyl (C=O) groups is 1. The zero-order chi connectivity index (χ0) is 14.0. The molecule has 1 heterocycles. The van der Waals surface area contributed by atoms with Crippen LogP contribution in [0.3, 0.4) is 0 Å². The van der Waals surface area contributed by atoms with Gasteiger partial charge in [-0.15, -0.1) is 11.3 Å². The van der Waals surface area contributed by atoms with Gasteiger partial charge in [-0.3, -0.25) is 10.1 Å². The van der Waals surface area contributed by atoms with Crippen molar-refractivity contribution in [2.75, 3.05) is 5.32 Å². The van der Waals surface area contributed by atoms with Crippen molar-refractivity contribution in [1.29, 1.82) is 0 Å². The molecule has 0 unspecified atom stereocenters. The molecule has 0 saturated heterocycles. The number of nitrogens with one attached hydrogen (secondary N) is 1. The third-order valence-electron chi connectivity index (χ3n) is 2.52. The Morgan fingerprint density at radius 1 is 1.47 bits per heavy atom. The maximum atomic E-state index is 13.3. The van der Waals surface area contributed by atoms with Crippen molar-refractivity contribution in [3.8, 4) is 0 Å². The minimum Gasteiger partial charge on any atom is -0.298 e. The SMILES string of the molecule is CC(C)c1csc(NC(=O)c2ccc(Br)c(F)c2)n1. The Balaban J connectivity index is 2.13. The first-order valence-corrected chi connectivity index (χ1v) is 7.36. The average Bonchev–Trinajstić information content (AvgIpc) is 2.81. The molecule has 19 heavy (non-hydrogen) atoms. The van der Waals surface area contributed by atoms with Gasteiger partial charge >= 0.3 is 0 Å². The van der Waals surface area contributed by atoms with Gasteiger partial charge < -0.3 is 0 Å². The molecule has 100 valence electrons. The molecule has 1 aromatic carbocycles. The van der Waals surface area contributed by atoms with Crippen molar-refractivity contribution in [3.63, 3.8) is 0 Å². The highest BCUT2D eigenvalue weighted by Crippen LogP contribution is 2.22. The Morgan fingerprint density at radius 2 is 2.21 bits per heavy atom. The fourth-order valence-electron chi connectivity index (χ4n) is 1.42. The second-order valence-corrected chi connectivity index (χ2v) is 6.03. The summed E-state index contributed by atoms with van der Waals surface area (Å²) in [7, 11) is 0. The Hall–Kier alpha value is -1.27. The van der Waals surface area contributed by atoms with Gasteiger partial charge in [-0.2, -0.15) is 0 Å². The van der Waals surface area contributed by atoms with Crippen LogP contribution in [-0.2, 0) is 0 Å². The highest BCUT2D eigenvalue weighted by atomic mass is 79.9. The molecule has 0 saturated carbocycles. The lowest BCUT2D eigenvalue weighted by atomic mass is 10.2. The summed E-state index contributed by atoms with van der Waals surface area (Å²) in [5.74, 6) is -0.516. The molecule has 1 aromatic heterocycles. The van der Waals surface area contributed by atoms with Gasteiger partial charge in [-0.25, -0.2) is 9.37 Å². The minimum atomic E-state index is -0.463. The lowest BCUT2D eigenvalue weighted by Gasteiger charge is -2.03. The van der Waals surface area contributed by atoms with Crippen LogP contribution in [0, 0.1) is 5.82 Å². The number of carbonyl (C=O) groups excluding carboxylic acids is 1. The number of rotatable bonds is 3. The molecular formula is C13H12BrFN2OS. The van der Waals surface area contributed by atoms with Crippen molar-refractivity contribution < 1.29 is 9.18 Å². The molecule has 0 radical (unpaired) electrons. The lowest BCUT2D eigenvalue weighted by Crippen LogP contribution is -2.12. The summed E-state index contributed by atoms with van der Waals surface area (Å²) in [6.45, 7) is 4.06. The van der Waals surface area contributed by atoms with Crippen LogP contribution in [0.5, 0.6) is 0 Å². The first kappa shape index (κ1) is 14.1. The maximum absolute atomic E-state index is 13.3. The highest BCUT2D eigenvalue weighted by molar-refractivity contribution is 9.10. The van der Waals surface area contributed by atoms with Crippen LogP contribution in [0.1, 0.15) is 35.8 Å². The summed E-state index contributed by atoms with van der Waals surface area (Å²) < 4.78 is 13.7. The van der Waals surface area contributed by atoms with E-state index in [1.807, 2.05) is 19.2 Å². The van der Waals surface area contributed by atoms with Crippen LogP contribution < -0.4 is 5.32 Å². The van der Waals surface area contributed by atoms with E-state index < -0.39 is 5.82 Å². The third-order valence-corrected chi connectivity index (χ3v) is 3.93. The number of hydrogen-bond donors (Lipinski definition) is 1. The Bertz CT molecular complexity index is 612. The van der Waals surface area contributed by atoms with Gasteiger partial charge in [0, 0.05) is 10.9 Å². The number of aromatic nitrogens is 1. The van der Waals surface area contributed by atoms with E-state index in [-0.39, 0.29) is 11.5 Å². The summed E-state index contributed by atoms with van der Waals surface area (Å²) in [5.41, 5.74) is 1.20. The van der Waals surface area contributed by atoms with Gasteiger partial charge in [0.15, 0.2) is 5.13 Å². The molecule has 2 rings (SSSR count). The van der Waals surface area contributed by atoms with Crippen molar-refractivity contribution >= 4 is 38.3 Å². The number of hydrogen-bond acceptors (Lipinski definition) is 3. The summed E-state index contributed by atoms with van der Waals surface area (Å²) >= 11 is 4.41. The molecule has 0 spiro atoms. The van der Waals surface area contributed by atoms with E-state index in [1.54, 1.807) is 6.07 Å². The van der Waals surface area contributed by atoms with E-state index in [2.05, 4.69) is 26.2 Å². The molecule has 0 aliphatic rings. The lowest BCUT2D eigenvalue weighted by molar-refractivity contribution is 0.102. The smallest absolute Gasteiger partial charge is 0.257 e. The first-order valence-electron chi connectivity index (χ1n) is 5.69. The van der Waals surface area contributed by atoms with Gasteiger partial charge in [0.25, 0.3) is 5.91 Å². The van der Waals surface area contributed by atoms with Gasteiger partial charge in [0.2, 0.25) is 0 Å². The molecule has 3 nitrogen and oxygen atoms in total. The van der Waals surface area contributed by atoms with Crippen molar-refractivity contribution in [2.24, 2.45) is 0 Å². The fourth-order valence-corrected chi connectivity index (χ4v) is 2.53. The number of nitrogens with zero attached hydrogens (tertiary/aromatic N) is 1. The average molecular weight is 343 g/mol. The largest absolute Gasteiger partial charge is 0.298 e. The number of benzene rings is 1. The molecule has 1 N–H and O–H groups in total. The monoisotopic (exact) mass is 342 g/mol. The van der Waals surface area contributed by atoms with Crippen LogP contribution in [0.2, 0.25) is 0 Å². The molecule has 1 amide bonds. The van der Waals surface area contributed by atoms with E-state index in [1.165, 1.54) is 23.5 Å². The molecule has 0 bridgehead atoms. The summed E-state index contributed by atoms with van der Waals surface area (Å²) in [6, 6.07) is 4.25. The Morgan fingerprint density at radius 3 is 2.79 bits per heavy atom. The fraction of sp³-hybridized carbons (Fsp3) is 0.231. The quantitative estimate of drug-likeness (QED) is 0.896. The molecular weight excluding hydrogens is 331 g/mol. The molecule has 0 aliphatic carbocycles. The molecule has 6 heteroatoms. The number of halogens is 2. The summed E-state index contributed by atoms with van der Waals surface area (Å²) in [6.07, 6.45) is 0. The summed E-state index contributed by atoms with van der Waals surface area (Å²) in [5, 5.41) is 5.10. The number of anilines is 1. The van der Waals surface area contributed by atoms with Gasteiger partial charge in [0.1, 0.15) is 5.82 Å². The molecule has 0 fully saturated rings. The standard InChI is InChI=1S/C13H12BrFN2OS/c1-7(2)11-6-19-13(16-11)17-12(18)8-3-4-9(14)10(15)5-8/h3-7H,1-2H3,(H,16,17,18). The molecule has 0 aliphatic heterocycles. The van der Waals surface area contributed by atoms with Crippen molar-refractivity contribution in [2.45, 2.75) is 19.8 Å². The van der Waals surface area contributed by atoms with Gasteiger partial charge in [-0.05, 0) is 40.0 Å². The van der Waals surface area contributed by atoms with Crippen LogP contribution in [0.4, 0.5) is 9.52 Å². The number of thiazole rings is 1. The zero-order valence-corrected chi connectivity index (χ0v) is 12.8. The van der Waals surface area contributed by atoms with Crippen LogP contribution >= 0.6 is 27.3 Å². The van der Waals surface area contributed by atoms with Crippen molar-refractivity contribution in [1.82, 2.24) is 4.98 Å². The Labute approximate surface area is 123 Å². The topological polar surface area (TPSA) is 42.0 Å². The second kappa shape index (κ2) is 5.79. The van der Waals surface area contributed by atoms with Gasteiger partial charge in [-0.1, -0.05) is 13.8 Å². The Kier molecular flexibility index (Phi) is 4.31. The summed E-state index contributed by atoms with van der Waals surface area (Å²) in [4.78, 5) is 16.2. The van der Waals surface area contributed by atoms with E-state index in [0.29, 0.717) is 15.5 Å². The highest BCUT2D eigenvalue weighted by Gasteiger charge is 2.12. The third kappa shape index (κ3) is 3.39. The van der Waals surface area contributed by atoms with Crippen LogP contribution in [0.15, 0.2) is 28.1 Å². The van der Waals surface area contributed by atoms with E-state index in [4.69, 9.17) is 0 Å². The predicted molar refractivity (Wildman–Crippen MR) is 78.3 cm³/mol. The predicted octanol–water partition coefficient (Wildman–Crippen LogP) is 4.42. The first-order chi connectivity index (χ1) is 8.97. The normalized spacial score (nSPS) is 10.8. The van der Waals surface area contributed by atoms with Gasteiger partial charge in [0.05, 0.1) is 10.2 Å². The van der Waals surface area contributed by atoms with E-state index in [0.717, 1.165) is 5.69 Å². The second-order valence-electron chi connectivity index (χ2n) is 4.32. The van der Waals surface area contributed by atoms with Crippen LogP contribution in [-0.4, -0.2) is 10.9 Å². The van der Waals surface area contributed by atoms with Crippen LogP contribution in [0.25, 0.3) is 0 Å².